The summed E-state index contributed by atoms with van der Waals surface area (Å²) < 4.78 is 17.3. The zero-order valence-corrected chi connectivity index (χ0v) is 23.5. The number of nitro benzene ring substituents is 1. The molecule has 16 heteroatoms. The van der Waals surface area contributed by atoms with Gasteiger partial charge in [-0.3, -0.25) is 19.8 Å². The molecule has 0 aliphatic carbocycles. The molecule has 16 nitrogen and oxygen atoms in total. The molecular weight excluding hydrogens is 548 g/mol. The number of aromatic nitrogens is 5. The maximum Gasteiger partial charge on any atom is 0.293 e. The molecule has 0 atom stereocenters. The number of hydrazone groups is 1. The molecule has 0 aliphatic heterocycles. The van der Waals surface area contributed by atoms with Crippen molar-refractivity contribution >= 4 is 23.6 Å². The molecular formula is C26H30N10O6. The summed E-state index contributed by atoms with van der Waals surface area (Å²) in [7, 11) is 1.54. The molecule has 42 heavy (non-hydrogen) atoms. The smallest absolute Gasteiger partial charge is 0.293 e. The third kappa shape index (κ3) is 6.67. The van der Waals surface area contributed by atoms with Gasteiger partial charge in [0.25, 0.3) is 11.6 Å². The van der Waals surface area contributed by atoms with Crippen molar-refractivity contribution in [1.29, 1.82) is 0 Å². The van der Waals surface area contributed by atoms with Crippen molar-refractivity contribution in [3.63, 3.8) is 0 Å². The molecule has 1 amide bonds. The van der Waals surface area contributed by atoms with E-state index in [2.05, 4.69) is 40.7 Å². The molecule has 4 rings (SSSR count). The molecule has 2 aromatic carbocycles. The summed E-state index contributed by atoms with van der Waals surface area (Å²) in [6.45, 7) is 7.55. The Balaban J connectivity index is 1.49. The largest absolute Gasteiger partial charge is 0.496 e. The van der Waals surface area contributed by atoms with Crippen LogP contribution in [0.2, 0.25) is 0 Å². The zero-order valence-electron chi connectivity index (χ0n) is 23.5. The lowest BCUT2D eigenvalue weighted by Crippen LogP contribution is -2.27. The Bertz CT molecular complexity index is 1590. The number of rotatable bonds is 13. The van der Waals surface area contributed by atoms with E-state index in [0.717, 1.165) is 13.1 Å². The number of hydrogen-bond donors (Lipinski definition) is 2. The van der Waals surface area contributed by atoms with E-state index in [9.17, 15) is 14.9 Å². The van der Waals surface area contributed by atoms with Gasteiger partial charge in [-0.25, -0.2) is 10.1 Å². The predicted molar refractivity (Wildman–Crippen MR) is 150 cm³/mol. The number of nitro groups is 1. The Morgan fingerprint density at radius 3 is 2.67 bits per heavy atom. The Labute approximate surface area is 240 Å². The van der Waals surface area contributed by atoms with Gasteiger partial charge in [-0.1, -0.05) is 19.1 Å². The normalized spacial score (nSPS) is 11.3. The van der Waals surface area contributed by atoms with Crippen molar-refractivity contribution in [2.75, 3.05) is 25.9 Å². The van der Waals surface area contributed by atoms with E-state index in [0.29, 0.717) is 40.4 Å². The van der Waals surface area contributed by atoms with Crippen molar-refractivity contribution in [3.05, 3.63) is 74.6 Å². The summed E-state index contributed by atoms with van der Waals surface area (Å²) in [5, 5.41) is 30.6. The van der Waals surface area contributed by atoms with Gasteiger partial charge in [-0.2, -0.15) is 9.78 Å². The molecule has 0 unspecified atom stereocenters. The van der Waals surface area contributed by atoms with Gasteiger partial charge in [0.05, 0.1) is 23.9 Å². The predicted octanol–water partition coefficient (Wildman–Crippen LogP) is 2.64. The van der Waals surface area contributed by atoms with Gasteiger partial charge < -0.3 is 15.2 Å². The maximum atomic E-state index is 13.1. The Kier molecular flexibility index (Phi) is 9.39. The average Bonchev–Trinajstić information content (AvgIpc) is 3.59. The zero-order chi connectivity index (χ0) is 30.2. The van der Waals surface area contributed by atoms with Crippen LogP contribution in [0.4, 0.5) is 11.5 Å². The van der Waals surface area contributed by atoms with Crippen LogP contribution in [0, 0.1) is 17.0 Å². The van der Waals surface area contributed by atoms with Crippen LogP contribution in [0.15, 0.2) is 46.1 Å². The quantitative estimate of drug-likeness (QED) is 0.134. The molecule has 0 saturated heterocycles. The first-order chi connectivity index (χ1) is 20.2. The van der Waals surface area contributed by atoms with E-state index in [-0.39, 0.29) is 29.6 Å². The second-order valence-corrected chi connectivity index (χ2v) is 9.00. The minimum atomic E-state index is -0.583. The second-order valence-electron chi connectivity index (χ2n) is 9.00. The van der Waals surface area contributed by atoms with Crippen LogP contribution in [0.5, 0.6) is 11.5 Å². The third-order valence-corrected chi connectivity index (χ3v) is 6.39. The van der Waals surface area contributed by atoms with Gasteiger partial charge >= 0.3 is 0 Å². The molecule has 0 radical (unpaired) electrons. The summed E-state index contributed by atoms with van der Waals surface area (Å²) >= 11 is 0. The van der Waals surface area contributed by atoms with Crippen LogP contribution in [0.25, 0.3) is 5.82 Å². The number of nitrogens with two attached hydrogens (primary N) is 1. The molecule has 0 aliphatic rings. The standard InChI is InChI=1S/C26H30N10O6/c1-5-34(6-2)14-21-23(29-33-35(21)25-24(27)31-42-32-25)26(37)30-28-13-17-7-10-22(40-4)18(12-17)15-41-19-8-9-20(36(38)39)16(3)11-19/h7-13H,5-6,14-15H2,1-4H3,(H2,27,31)(H,30,37)/b28-13+. The van der Waals surface area contributed by atoms with E-state index in [4.69, 9.17) is 15.2 Å². The summed E-state index contributed by atoms with van der Waals surface area (Å²) in [6.07, 6.45) is 1.46. The number of aryl methyl sites for hydroxylation is 1. The van der Waals surface area contributed by atoms with Crippen LogP contribution in [-0.2, 0) is 13.2 Å². The molecule has 220 valence electrons. The minimum Gasteiger partial charge on any atom is -0.496 e. The van der Waals surface area contributed by atoms with E-state index >= 15 is 0 Å². The Morgan fingerprint density at radius 1 is 1.24 bits per heavy atom. The van der Waals surface area contributed by atoms with E-state index < -0.39 is 10.8 Å². The fourth-order valence-electron chi connectivity index (χ4n) is 4.08. The maximum absolute atomic E-state index is 13.1. The Morgan fingerprint density at radius 2 is 2.02 bits per heavy atom. The minimum absolute atomic E-state index is 0.00804. The van der Waals surface area contributed by atoms with Gasteiger partial charge in [-0.05, 0) is 66.2 Å². The topological polar surface area (TPSA) is 202 Å². The number of amides is 1. The molecule has 2 aromatic heterocycles. The molecule has 3 N–H and O–H groups in total. The fourth-order valence-corrected chi connectivity index (χ4v) is 4.08. The van der Waals surface area contributed by atoms with Crippen LogP contribution < -0.4 is 20.6 Å². The van der Waals surface area contributed by atoms with Crippen LogP contribution in [-0.4, -0.2) is 67.5 Å². The number of nitrogen functional groups attached to an aromatic ring is 1. The monoisotopic (exact) mass is 578 g/mol. The number of benzene rings is 2. The molecule has 0 spiro atoms. The van der Waals surface area contributed by atoms with Crippen molar-refractivity contribution in [2.24, 2.45) is 5.10 Å². The molecule has 0 bridgehead atoms. The number of carbonyl (C=O) groups excluding carboxylic acids is 1. The van der Waals surface area contributed by atoms with Gasteiger partial charge in [-0.15, -0.1) is 5.10 Å². The van der Waals surface area contributed by atoms with E-state index in [1.807, 2.05) is 13.8 Å². The van der Waals surface area contributed by atoms with Crippen molar-refractivity contribution < 1.29 is 23.8 Å². The van der Waals surface area contributed by atoms with Crippen molar-refractivity contribution in [3.8, 4) is 17.3 Å². The average molecular weight is 579 g/mol. The van der Waals surface area contributed by atoms with Crippen LogP contribution in [0.1, 0.15) is 46.7 Å². The molecule has 2 heterocycles. The first-order valence-electron chi connectivity index (χ1n) is 12.9. The highest BCUT2D eigenvalue weighted by atomic mass is 16.6. The SMILES string of the molecule is CCN(CC)Cc1c(C(=O)N/N=C/c2ccc(OC)c(COc3ccc([N+](=O)[O-])c(C)c3)c2)nnn1-c1nonc1N. The summed E-state index contributed by atoms with van der Waals surface area (Å²) in [4.78, 5) is 25.8. The highest BCUT2D eigenvalue weighted by Crippen LogP contribution is 2.26. The molecule has 0 saturated carbocycles. The number of carbonyl (C=O) groups is 1. The van der Waals surface area contributed by atoms with Gasteiger partial charge in [0.2, 0.25) is 11.6 Å². The van der Waals surface area contributed by atoms with Crippen molar-refractivity contribution in [2.45, 2.75) is 33.9 Å². The third-order valence-electron chi connectivity index (χ3n) is 6.39. The molecule has 4 aromatic rings. The lowest BCUT2D eigenvalue weighted by atomic mass is 10.1. The lowest BCUT2D eigenvalue weighted by molar-refractivity contribution is -0.385. The van der Waals surface area contributed by atoms with Gasteiger partial charge in [0, 0.05) is 23.7 Å². The van der Waals surface area contributed by atoms with Crippen LogP contribution in [0.3, 0.4) is 0 Å². The second kappa shape index (κ2) is 13.3. The number of methoxy groups -OCH3 is 1. The number of hydrogen-bond acceptors (Lipinski definition) is 13. The van der Waals surface area contributed by atoms with E-state index in [1.54, 1.807) is 31.2 Å². The van der Waals surface area contributed by atoms with Gasteiger partial charge in [0.1, 0.15) is 18.1 Å². The van der Waals surface area contributed by atoms with E-state index in [1.165, 1.54) is 30.1 Å². The molecule has 0 fully saturated rings. The summed E-state index contributed by atoms with van der Waals surface area (Å²) in [5.41, 5.74) is 10.7. The Hall–Kier alpha value is -5.38. The van der Waals surface area contributed by atoms with Gasteiger partial charge in [0.15, 0.2) is 5.69 Å². The lowest BCUT2D eigenvalue weighted by Gasteiger charge is -2.18. The first-order valence-corrected chi connectivity index (χ1v) is 12.9. The summed E-state index contributed by atoms with van der Waals surface area (Å²) in [6, 6.07) is 9.83. The number of nitrogens with zero attached hydrogens (tertiary/aromatic N) is 8. The van der Waals surface area contributed by atoms with Crippen LogP contribution >= 0.6 is 0 Å². The van der Waals surface area contributed by atoms with Crippen molar-refractivity contribution in [1.82, 2.24) is 35.6 Å². The highest BCUT2D eigenvalue weighted by molar-refractivity contribution is 5.94. The number of nitrogens with one attached hydrogen (secondary N) is 1. The summed E-state index contributed by atoms with van der Waals surface area (Å²) in [5.74, 6) is 0.607. The number of ether oxygens (including phenoxy) is 2. The highest BCUT2D eigenvalue weighted by Gasteiger charge is 2.25. The number of anilines is 1. The fraction of sp³-hybridized carbons (Fsp3) is 0.308. The first kappa shape index (κ1) is 29.6.